The predicted molar refractivity (Wildman–Crippen MR) is 128 cm³/mol. The van der Waals surface area contributed by atoms with E-state index in [1.54, 1.807) is 29.5 Å². The zero-order chi connectivity index (χ0) is 22.1. The Hall–Kier alpha value is -3.49. The van der Waals surface area contributed by atoms with E-state index in [4.69, 9.17) is 22.3 Å². The van der Waals surface area contributed by atoms with E-state index in [1.165, 1.54) is 21.7 Å². The van der Waals surface area contributed by atoms with Crippen molar-refractivity contribution in [1.82, 2.24) is 19.7 Å². The molecule has 0 atom stereocenters. The van der Waals surface area contributed by atoms with Crippen LogP contribution in [0.4, 0.5) is 16.2 Å². The maximum atomic E-state index is 13.4. The van der Waals surface area contributed by atoms with E-state index < -0.39 is 0 Å². The van der Waals surface area contributed by atoms with Gasteiger partial charge in [0, 0.05) is 22.0 Å². The summed E-state index contributed by atoms with van der Waals surface area (Å²) in [4.78, 5) is 10.6. The lowest BCUT2D eigenvalue weighted by molar-refractivity contribution is 0.627. The van der Waals surface area contributed by atoms with E-state index in [0.717, 1.165) is 12.0 Å². The number of halogens is 2. The molecule has 0 aliphatic heterocycles. The number of hydrogen-bond acceptors (Lipinski definition) is 6. The Balaban J connectivity index is 1.61. The second kappa shape index (κ2) is 8.57. The lowest BCUT2D eigenvalue weighted by Crippen LogP contribution is -2.08. The van der Waals surface area contributed by atoms with Crippen molar-refractivity contribution in [2.45, 2.75) is 6.42 Å². The molecule has 2 aromatic carbocycles. The highest BCUT2D eigenvalue weighted by atomic mass is 35.5. The molecule has 0 saturated heterocycles. The van der Waals surface area contributed by atoms with Crippen LogP contribution < -0.4 is 11.1 Å². The van der Waals surface area contributed by atoms with Crippen LogP contribution in [-0.2, 0) is 6.42 Å². The van der Waals surface area contributed by atoms with Crippen LogP contribution in [0, 0.1) is 5.82 Å². The SMILES string of the molecule is Nc1c2c(-c3ccccc3Cl)nc(NCCc3cccs3)nc2nn1-c1ccc(F)cc1. The van der Waals surface area contributed by atoms with Crippen molar-refractivity contribution >= 4 is 45.7 Å². The topological polar surface area (TPSA) is 81.7 Å². The Labute approximate surface area is 192 Å². The number of fused-ring (bicyclic) bond motifs is 1. The van der Waals surface area contributed by atoms with Gasteiger partial charge in [0.1, 0.15) is 11.6 Å². The maximum Gasteiger partial charge on any atom is 0.225 e. The van der Waals surface area contributed by atoms with Crippen LogP contribution in [-0.4, -0.2) is 26.3 Å². The fourth-order valence-electron chi connectivity index (χ4n) is 3.47. The summed E-state index contributed by atoms with van der Waals surface area (Å²) in [5, 5.41) is 11.1. The Morgan fingerprint density at radius 2 is 1.84 bits per heavy atom. The van der Waals surface area contributed by atoms with Gasteiger partial charge in [-0.3, -0.25) is 0 Å². The van der Waals surface area contributed by atoms with Crippen molar-refractivity contribution < 1.29 is 4.39 Å². The van der Waals surface area contributed by atoms with Gasteiger partial charge < -0.3 is 11.1 Å². The third-order valence-corrected chi connectivity index (χ3v) is 6.27. The number of rotatable bonds is 6. The van der Waals surface area contributed by atoms with Crippen molar-refractivity contribution in [1.29, 1.82) is 0 Å². The molecule has 3 heterocycles. The molecule has 3 N–H and O–H groups in total. The van der Waals surface area contributed by atoms with E-state index in [-0.39, 0.29) is 5.82 Å². The number of nitrogen functional groups attached to an aromatic ring is 1. The molecule has 0 fully saturated rings. The van der Waals surface area contributed by atoms with Crippen LogP contribution >= 0.6 is 22.9 Å². The summed E-state index contributed by atoms with van der Waals surface area (Å²) >= 11 is 8.20. The Morgan fingerprint density at radius 1 is 1.03 bits per heavy atom. The summed E-state index contributed by atoms with van der Waals surface area (Å²) in [6.45, 7) is 0.669. The molecule has 9 heteroatoms. The highest BCUT2D eigenvalue weighted by Crippen LogP contribution is 2.36. The van der Waals surface area contributed by atoms with Gasteiger partial charge in [-0.1, -0.05) is 35.9 Å². The molecule has 0 aliphatic carbocycles. The van der Waals surface area contributed by atoms with Crippen molar-refractivity contribution in [3.05, 3.63) is 81.8 Å². The van der Waals surface area contributed by atoms with Gasteiger partial charge in [-0.25, -0.2) is 14.1 Å². The van der Waals surface area contributed by atoms with Crippen LogP contribution in [0.15, 0.2) is 66.0 Å². The number of nitrogens with zero attached hydrogens (tertiary/aromatic N) is 4. The summed E-state index contributed by atoms with van der Waals surface area (Å²) < 4.78 is 14.9. The van der Waals surface area contributed by atoms with Gasteiger partial charge in [0.15, 0.2) is 5.65 Å². The van der Waals surface area contributed by atoms with Gasteiger partial charge in [0.05, 0.1) is 16.8 Å². The molecule has 0 amide bonds. The molecular formula is C23H18ClFN6S. The fourth-order valence-corrected chi connectivity index (χ4v) is 4.40. The Morgan fingerprint density at radius 3 is 2.59 bits per heavy atom. The van der Waals surface area contributed by atoms with Crippen molar-refractivity contribution in [2.75, 3.05) is 17.6 Å². The Kier molecular flexibility index (Phi) is 5.46. The highest BCUT2D eigenvalue weighted by Gasteiger charge is 2.20. The molecule has 0 unspecified atom stereocenters. The number of nitrogens with one attached hydrogen (secondary N) is 1. The minimum Gasteiger partial charge on any atom is -0.383 e. The molecular weight excluding hydrogens is 447 g/mol. The minimum absolute atomic E-state index is 0.335. The molecule has 5 rings (SSSR count). The quantitative estimate of drug-likeness (QED) is 0.343. The van der Waals surface area contributed by atoms with Crippen LogP contribution in [0.25, 0.3) is 28.0 Å². The van der Waals surface area contributed by atoms with Gasteiger partial charge in [0.25, 0.3) is 0 Å². The van der Waals surface area contributed by atoms with E-state index >= 15 is 0 Å². The molecule has 0 saturated carbocycles. The number of aromatic nitrogens is 4. The highest BCUT2D eigenvalue weighted by molar-refractivity contribution is 7.09. The average Bonchev–Trinajstić information content (AvgIpc) is 3.42. The molecule has 0 bridgehead atoms. The first-order valence-corrected chi connectivity index (χ1v) is 11.2. The zero-order valence-electron chi connectivity index (χ0n) is 16.8. The van der Waals surface area contributed by atoms with E-state index in [2.05, 4.69) is 26.8 Å². The number of hydrogen-bond donors (Lipinski definition) is 2. The zero-order valence-corrected chi connectivity index (χ0v) is 18.4. The summed E-state index contributed by atoms with van der Waals surface area (Å²) in [7, 11) is 0. The third-order valence-electron chi connectivity index (χ3n) is 5.00. The van der Waals surface area contributed by atoms with Crippen LogP contribution in [0.1, 0.15) is 4.88 Å². The lowest BCUT2D eigenvalue weighted by Gasteiger charge is -2.09. The number of thiophene rings is 1. The molecule has 3 aromatic heterocycles. The molecule has 32 heavy (non-hydrogen) atoms. The van der Waals surface area contributed by atoms with Crippen LogP contribution in [0.5, 0.6) is 0 Å². The molecule has 5 aromatic rings. The standard InChI is InChI=1S/C23H18ClFN6S/c24-18-6-2-1-5-17(18)20-19-21(26)31(15-9-7-14(25)8-10-15)30-22(19)29-23(28-20)27-12-11-16-4-3-13-32-16/h1-10,13H,11-12,26H2,(H,27,29,30). The largest absolute Gasteiger partial charge is 0.383 e. The number of benzene rings is 2. The second-order valence-corrected chi connectivity index (χ2v) is 8.54. The summed E-state index contributed by atoms with van der Waals surface area (Å²) in [6, 6.07) is 17.5. The van der Waals surface area contributed by atoms with E-state index in [0.29, 0.717) is 45.7 Å². The summed E-state index contributed by atoms with van der Waals surface area (Å²) in [5.74, 6) is 0.456. The first-order valence-electron chi connectivity index (χ1n) is 9.93. The van der Waals surface area contributed by atoms with Crippen molar-refractivity contribution in [3.8, 4) is 16.9 Å². The average molecular weight is 465 g/mol. The number of anilines is 2. The lowest BCUT2D eigenvalue weighted by atomic mass is 10.1. The molecule has 160 valence electrons. The van der Waals surface area contributed by atoms with Crippen LogP contribution in [0.2, 0.25) is 5.02 Å². The first-order chi connectivity index (χ1) is 15.6. The van der Waals surface area contributed by atoms with Crippen molar-refractivity contribution in [3.63, 3.8) is 0 Å². The van der Waals surface area contributed by atoms with Crippen LogP contribution in [0.3, 0.4) is 0 Å². The monoisotopic (exact) mass is 464 g/mol. The third kappa shape index (κ3) is 3.90. The molecule has 0 radical (unpaired) electrons. The van der Waals surface area contributed by atoms with Gasteiger partial charge in [-0.15, -0.1) is 16.4 Å². The first kappa shape index (κ1) is 20.4. The van der Waals surface area contributed by atoms with Gasteiger partial charge in [0.2, 0.25) is 5.95 Å². The normalized spacial score (nSPS) is 11.2. The van der Waals surface area contributed by atoms with E-state index in [1.807, 2.05) is 24.3 Å². The molecule has 6 nitrogen and oxygen atoms in total. The van der Waals surface area contributed by atoms with E-state index in [9.17, 15) is 4.39 Å². The van der Waals surface area contributed by atoms with Gasteiger partial charge in [-0.05, 0) is 48.2 Å². The molecule has 0 aliphatic rings. The molecule has 0 spiro atoms. The summed E-state index contributed by atoms with van der Waals surface area (Å²) in [6.07, 6.45) is 0.854. The summed E-state index contributed by atoms with van der Waals surface area (Å²) in [5.41, 5.74) is 8.84. The maximum absolute atomic E-state index is 13.4. The number of nitrogens with two attached hydrogens (primary N) is 1. The fraction of sp³-hybridized carbons (Fsp3) is 0.0870. The predicted octanol–water partition coefficient (Wildman–Crippen LogP) is 5.57. The minimum atomic E-state index is -0.335. The van der Waals surface area contributed by atoms with Gasteiger partial charge >= 0.3 is 0 Å². The smallest absolute Gasteiger partial charge is 0.225 e. The van der Waals surface area contributed by atoms with Gasteiger partial charge in [-0.2, -0.15) is 4.98 Å². The second-order valence-electron chi connectivity index (χ2n) is 7.10. The van der Waals surface area contributed by atoms with Crippen molar-refractivity contribution in [2.24, 2.45) is 0 Å². The Bertz CT molecular complexity index is 1380.